The number of hydrogen-bond donors (Lipinski definition) is 4. The summed E-state index contributed by atoms with van der Waals surface area (Å²) in [5.41, 5.74) is 0.667. The second-order valence-corrected chi connectivity index (χ2v) is 5.18. The van der Waals surface area contributed by atoms with E-state index in [-0.39, 0.29) is 6.42 Å². The number of hydrogen-bond acceptors (Lipinski definition) is 3. The maximum Gasteiger partial charge on any atom is 0.326 e. The molecule has 1 aliphatic rings. The topological polar surface area (TPSA) is 107 Å². The van der Waals surface area contributed by atoms with Gasteiger partial charge in [0.15, 0.2) is 0 Å². The van der Waals surface area contributed by atoms with Crippen LogP contribution in [0.1, 0.15) is 25.0 Å². The first-order chi connectivity index (χ1) is 10.1. The van der Waals surface area contributed by atoms with Crippen molar-refractivity contribution in [3.8, 4) is 0 Å². The van der Waals surface area contributed by atoms with Crippen molar-refractivity contribution >= 4 is 12.0 Å². The number of rotatable bonds is 6. The molecule has 0 saturated carbocycles. The van der Waals surface area contributed by atoms with Crippen molar-refractivity contribution in [2.24, 2.45) is 5.92 Å². The lowest BCUT2D eigenvalue weighted by Crippen LogP contribution is -2.48. The standard InChI is InChI=1S/C14H20N4O3/c19-13(20)12(6-11-8-15-9-17-11)18-14(21)16-7-10-4-2-1-3-5-10/h1-2,8-10,12H,3-7H2,(H,15,17)(H,19,20)(H2,16,18,21)/t10?,12-/m1/s1. The molecule has 0 aromatic carbocycles. The van der Waals surface area contributed by atoms with E-state index in [1.807, 2.05) is 0 Å². The summed E-state index contributed by atoms with van der Waals surface area (Å²) in [4.78, 5) is 29.6. The second-order valence-electron chi connectivity index (χ2n) is 5.18. The van der Waals surface area contributed by atoms with Crippen molar-refractivity contribution in [2.45, 2.75) is 31.7 Å². The zero-order valence-corrected chi connectivity index (χ0v) is 11.7. The summed E-state index contributed by atoms with van der Waals surface area (Å²) in [6.07, 6.45) is 10.5. The molecule has 1 heterocycles. The normalized spacial score (nSPS) is 19.0. The Hall–Kier alpha value is -2.31. The van der Waals surface area contributed by atoms with Crippen LogP contribution in [-0.2, 0) is 11.2 Å². The van der Waals surface area contributed by atoms with Crippen LogP contribution in [-0.4, -0.2) is 39.7 Å². The molecular weight excluding hydrogens is 272 g/mol. The first-order valence-corrected chi connectivity index (χ1v) is 7.04. The predicted octanol–water partition coefficient (Wildman–Crippen LogP) is 1.06. The van der Waals surface area contributed by atoms with E-state index < -0.39 is 18.0 Å². The molecule has 0 spiro atoms. The molecule has 7 heteroatoms. The molecule has 1 unspecified atom stereocenters. The summed E-state index contributed by atoms with van der Waals surface area (Å²) in [6.45, 7) is 0.562. The SMILES string of the molecule is O=C(NCC1CC=CCC1)N[C@H](Cc1cnc[nH]1)C(=O)O. The molecule has 21 heavy (non-hydrogen) atoms. The third-order valence-electron chi connectivity index (χ3n) is 3.51. The quantitative estimate of drug-likeness (QED) is 0.588. The average Bonchev–Trinajstić information content (AvgIpc) is 2.98. The Labute approximate surface area is 122 Å². The lowest BCUT2D eigenvalue weighted by Gasteiger charge is -2.19. The molecule has 0 radical (unpaired) electrons. The number of carboxylic acids is 1. The Balaban J connectivity index is 1.78. The number of aromatic nitrogens is 2. The molecule has 114 valence electrons. The number of carboxylic acid groups (broad SMARTS) is 1. The smallest absolute Gasteiger partial charge is 0.326 e. The number of H-pyrrole nitrogens is 1. The number of allylic oxidation sites excluding steroid dienone is 2. The van der Waals surface area contributed by atoms with Crippen LogP contribution in [0.3, 0.4) is 0 Å². The molecule has 4 N–H and O–H groups in total. The number of nitrogens with one attached hydrogen (secondary N) is 3. The van der Waals surface area contributed by atoms with Gasteiger partial charge < -0.3 is 20.7 Å². The van der Waals surface area contributed by atoms with Crippen LogP contribution in [0.15, 0.2) is 24.7 Å². The van der Waals surface area contributed by atoms with Gasteiger partial charge >= 0.3 is 12.0 Å². The van der Waals surface area contributed by atoms with Crippen LogP contribution >= 0.6 is 0 Å². The minimum absolute atomic E-state index is 0.176. The van der Waals surface area contributed by atoms with Gasteiger partial charge in [0, 0.05) is 24.9 Å². The van der Waals surface area contributed by atoms with E-state index in [0.29, 0.717) is 18.2 Å². The summed E-state index contributed by atoms with van der Waals surface area (Å²) < 4.78 is 0. The first kappa shape index (κ1) is 15.1. The van der Waals surface area contributed by atoms with Crippen LogP contribution < -0.4 is 10.6 Å². The van der Waals surface area contributed by atoms with Gasteiger partial charge in [0.05, 0.1) is 6.33 Å². The molecule has 0 bridgehead atoms. The van der Waals surface area contributed by atoms with Crippen LogP contribution in [0.25, 0.3) is 0 Å². The minimum atomic E-state index is -1.07. The van der Waals surface area contributed by atoms with E-state index in [0.717, 1.165) is 19.3 Å². The molecule has 1 aromatic heterocycles. The molecule has 1 aliphatic carbocycles. The Morgan fingerprint density at radius 2 is 2.33 bits per heavy atom. The summed E-state index contributed by atoms with van der Waals surface area (Å²) in [5, 5.41) is 14.4. The zero-order valence-electron chi connectivity index (χ0n) is 11.7. The number of aliphatic carboxylic acids is 1. The summed E-state index contributed by atoms with van der Waals surface area (Å²) in [7, 11) is 0. The van der Waals surface area contributed by atoms with Gasteiger partial charge in [-0.05, 0) is 25.2 Å². The van der Waals surface area contributed by atoms with Crippen LogP contribution in [0, 0.1) is 5.92 Å². The fourth-order valence-electron chi connectivity index (χ4n) is 2.30. The number of imidazole rings is 1. The van der Waals surface area contributed by atoms with Gasteiger partial charge in [0.2, 0.25) is 0 Å². The average molecular weight is 292 g/mol. The van der Waals surface area contributed by atoms with E-state index in [2.05, 4.69) is 32.8 Å². The lowest BCUT2D eigenvalue weighted by molar-refractivity contribution is -0.139. The fraction of sp³-hybridized carbons (Fsp3) is 0.500. The predicted molar refractivity (Wildman–Crippen MR) is 76.7 cm³/mol. The van der Waals surface area contributed by atoms with Gasteiger partial charge in [-0.15, -0.1) is 0 Å². The Bertz CT molecular complexity index is 498. The molecule has 2 rings (SSSR count). The highest BCUT2D eigenvalue weighted by Gasteiger charge is 2.21. The Morgan fingerprint density at radius 1 is 1.48 bits per heavy atom. The number of aromatic amines is 1. The number of carbonyl (C=O) groups excluding carboxylic acids is 1. The van der Waals surface area contributed by atoms with Gasteiger partial charge in [-0.25, -0.2) is 14.6 Å². The van der Waals surface area contributed by atoms with Gasteiger partial charge in [0.25, 0.3) is 0 Å². The van der Waals surface area contributed by atoms with Crippen molar-refractivity contribution in [2.75, 3.05) is 6.54 Å². The Morgan fingerprint density at radius 3 is 2.95 bits per heavy atom. The van der Waals surface area contributed by atoms with E-state index in [9.17, 15) is 9.59 Å². The second kappa shape index (κ2) is 7.47. The molecule has 2 atom stereocenters. The third kappa shape index (κ3) is 4.94. The summed E-state index contributed by atoms with van der Waals surface area (Å²) >= 11 is 0. The van der Waals surface area contributed by atoms with Crippen molar-refractivity contribution in [3.63, 3.8) is 0 Å². The van der Waals surface area contributed by atoms with Crippen LogP contribution in [0.5, 0.6) is 0 Å². The zero-order chi connectivity index (χ0) is 15.1. The van der Waals surface area contributed by atoms with Crippen molar-refractivity contribution < 1.29 is 14.7 Å². The number of carbonyl (C=O) groups is 2. The van der Waals surface area contributed by atoms with Gasteiger partial charge in [-0.3, -0.25) is 0 Å². The maximum absolute atomic E-state index is 11.8. The van der Waals surface area contributed by atoms with E-state index in [1.54, 1.807) is 6.20 Å². The fourth-order valence-corrected chi connectivity index (χ4v) is 2.30. The van der Waals surface area contributed by atoms with Crippen molar-refractivity contribution in [3.05, 3.63) is 30.4 Å². The van der Waals surface area contributed by atoms with Crippen LogP contribution in [0.2, 0.25) is 0 Å². The molecular formula is C14H20N4O3. The molecule has 2 amide bonds. The highest BCUT2D eigenvalue weighted by molar-refractivity contribution is 5.82. The van der Waals surface area contributed by atoms with Crippen molar-refractivity contribution in [1.29, 1.82) is 0 Å². The number of nitrogens with zero attached hydrogens (tertiary/aromatic N) is 1. The van der Waals surface area contributed by atoms with Gasteiger partial charge in [-0.1, -0.05) is 12.2 Å². The van der Waals surface area contributed by atoms with Crippen LogP contribution in [0.4, 0.5) is 4.79 Å². The number of urea groups is 1. The molecule has 0 aliphatic heterocycles. The highest BCUT2D eigenvalue weighted by atomic mass is 16.4. The molecule has 0 fully saturated rings. The Kier molecular flexibility index (Phi) is 5.36. The van der Waals surface area contributed by atoms with E-state index in [1.165, 1.54) is 6.33 Å². The maximum atomic E-state index is 11.8. The largest absolute Gasteiger partial charge is 0.480 e. The molecule has 1 aromatic rings. The molecule has 0 saturated heterocycles. The van der Waals surface area contributed by atoms with E-state index in [4.69, 9.17) is 5.11 Å². The third-order valence-corrected chi connectivity index (χ3v) is 3.51. The van der Waals surface area contributed by atoms with Gasteiger partial charge in [-0.2, -0.15) is 0 Å². The first-order valence-electron chi connectivity index (χ1n) is 7.04. The van der Waals surface area contributed by atoms with Crippen molar-refractivity contribution in [1.82, 2.24) is 20.6 Å². The summed E-state index contributed by atoms with van der Waals surface area (Å²) in [6, 6.07) is -1.42. The summed E-state index contributed by atoms with van der Waals surface area (Å²) in [5.74, 6) is -0.642. The monoisotopic (exact) mass is 292 g/mol. The molecule has 7 nitrogen and oxygen atoms in total. The van der Waals surface area contributed by atoms with E-state index >= 15 is 0 Å². The lowest BCUT2D eigenvalue weighted by atomic mass is 9.94. The van der Waals surface area contributed by atoms with Gasteiger partial charge in [0.1, 0.15) is 6.04 Å². The minimum Gasteiger partial charge on any atom is -0.480 e. The highest BCUT2D eigenvalue weighted by Crippen LogP contribution is 2.16. The number of amides is 2.